The van der Waals surface area contributed by atoms with E-state index in [1.54, 1.807) is 43.9 Å². The number of nitrogens with one attached hydrogen (secondary N) is 1. The molecule has 5 rings (SSSR count). The zero-order valence-electron chi connectivity index (χ0n) is 22.5. The van der Waals surface area contributed by atoms with Gasteiger partial charge >= 0.3 is 18.2 Å². The van der Waals surface area contributed by atoms with E-state index in [9.17, 15) is 19.5 Å². The van der Waals surface area contributed by atoms with Gasteiger partial charge in [-0.15, -0.1) is 10.2 Å². The third-order valence-electron chi connectivity index (χ3n) is 6.24. The molecule has 0 spiro atoms. The van der Waals surface area contributed by atoms with Crippen LogP contribution < -0.4 is 10.2 Å². The zero-order valence-corrected chi connectivity index (χ0v) is 23.3. The van der Waals surface area contributed by atoms with E-state index in [-0.39, 0.29) is 11.2 Å². The Kier molecular flexibility index (Phi) is 7.15. The Labute approximate surface area is 234 Å². The summed E-state index contributed by atoms with van der Waals surface area (Å²) in [5.41, 5.74) is 1.36. The number of ether oxygens (including phenoxy) is 1. The summed E-state index contributed by atoms with van der Waals surface area (Å²) in [7, 11) is 0. The average molecular weight is 564 g/mol. The van der Waals surface area contributed by atoms with Crippen LogP contribution in [0.3, 0.4) is 0 Å². The number of aromatic nitrogens is 4. The van der Waals surface area contributed by atoms with Gasteiger partial charge in [-0.2, -0.15) is 9.78 Å². The van der Waals surface area contributed by atoms with Crippen LogP contribution in [0.25, 0.3) is 21.5 Å². The van der Waals surface area contributed by atoms with Crippen LogP contribution in [0.5, 0.6) is 0 Å². The van der Waals surface area contributed by atoms with Crippen molar-refractivity contribution >= 4 is 57.0 Å². The van der Waals surface area contributed by atoms with Gasteiger partial charge in [0.05, 0.1) is 17.4 Å². The van der Waals surface area contributed by atoms with Crippen LogP contribution in [0.1, 0.15) is 34.1 Å². The number of fused-ring (bicyclic) bond motifs is 1. The van der Waals surface area contributed by atoms with Crippen molar-refractivity contribution in [1.29, 1.82) is 0 Å². The third-order valence-corrected chi connectivity index (χ3v) is 7.20. The summed E-state index contributed by atoms with van der Waals surface area (Å²) in [4.78, 5) is 40.6. The molecular weight excluding hydrogens is 534 g/mol. The number of carboxylic acid groups (broad SMARTS) is 1. The highest BCUT2D eigenvalue weighted by Crippen LogP contribution is 2.36. The van der Waals surface area contributed by atoms with Gasteiger partial charge in [-0.3, -0.25) is 0 Å². The van der Waals surface area contributed by atoms with E-state index < -0.39 is 17.8 Å². The molecule has 1 fully saturated rings. The second kappa shape index (κ2) is 10.6. The number of amides is 3. The maximum Gasteiger partial charge on any atom is 0.432 e. The molecule has 0 aliphatic carbocycles. The summed E-state index contributed by atoms with van der Waals surface area (Å²) in [6.45, 7) is 8.87. The summed E-state index contributed by atoms with van der Waals surface area (Å²) >= 11 is 1.18. The minimum absolute atomic E-state index is 0.142. The van der Waals surface area contributed by atoms with Crippen LogP contribution in [-0.2, 0) is 4.74 Å². The molecule has 1 aliphatic rings. The Morgan fingerprint density at radius 3 is 2.65 bits per heavy atom. The summed E-state index contributed by atoms with van der Waals surface area (Å²) in [6, 6.07) is 12.0. The monoisotopic (exact) mass is 563 g/mol. The first-order chi connectivity index (χ1) is 19.0. The molecule has 2 aromatic heterocycles. The van der Waals surface area contributed by atoms with Crippen LogP contribution in [-0.4, -0.2) is 66.9 Å². The predicted molar refractivity (Wildman–Crippen MR) is 151 cm³/mol. The van der Waals surface area contributed by atoms with Gasteiger partial charge in [0.15, 0.2) is 0 Å². The van der Waals surface area contributed by atoms with Crippen molar-refractivity contribution in [2.45, 2.75) is 39.7 Å². The lowest BCUT2D eigenvalue weighted by Crippen LogP contribution is -2.33. The topological polar surface area (TPSA) is 143 Å². The van der Waals surface area contributed by atoms with Crippen molar-refractivity contribution in [2.24, 2.45) is 5.92 Å². The molecule has 3 amide bonds. The highest BCUT2D eigenvalue weighted by molar-refractivity contribution is 7.18. The summed E-state index contributed by atoms with van der Waals surface area (Å²) < 4.78 is 6.51. The molecule has 3 heterocycles. The van der Waals surface area contributed by atoms with Gasteiger partial charge in [-0.1, -0.05) is 30.4 Å². The lowest BCUT2D eigenvalue weighted by molar-refractivity contribution is 0.0599. The van der Waals surface area contributed by atoms with Crippen molar-refractivity contribution in [1.82, 2.24) is 24.9 Å². The maximum atomic E-state index is 13.4. The lowest BCUT2D eigenvalue weighted by Gasteiger charge is -2.25. The predicted octanol–water partition coefficient (Wildman–Crippen LogP) is 6.03. The molecule has 0 saturated carbocycles. The summed E-state index contributed by atoms with van der Waals surface area (Å²) in [5.74, 6) is 0.485. The van der Waals surface area contributed by atoms with Gasteiger partial charge in [0.25, 0.3) is 0 Å². The number of carbonyl (C=O) groups is 3. The molecule has 13 heteroatoms. The summed E-state index contributed by atoms with van der Waals surface area (Å²) in [6.07, 6.45) is 0.521. The van der Waals surface area contributed by atoms with E-state index in [2.05, 4.69) is 27.5 Å². The number of hydrogen-bond acceptors (Lipinski definition) is 8. The SMILES string of the molecule is CC1CCN(C(=O)Nc2cccc(-c3nnc(N(C(=O)OC(C)(C)C)c4ccc5c(cnn5C(=O)O)c4)s3)c2)C1. The highest BCUT2D eigenvalue weighted by atomic mass is 32.1. The largest absolute Gasteiger partial charge is 0.463 e. The minimum atomic E-state index is -1.21. The second-order valence-electron chi connectivity index (χ2n) is 10.6. The first kappa shape index (κ1) is 27.1. The third kappa shape index (κ3) is 5.73. The Hall–Kier alpha value is -4.52. The molecule has 0 bridgehead atoms. The fourth-order valence-electron chi connectivity index (χ4n) is 4.39. The maximum absolute atomic E-state index is 13.4. The van der Waals surface area contributed by atoms with Crippen LogP contribution in [0.15, 0.2) is 48.7 Å². The molecule has 2 aromatic carbocycles. The highest BCUT2D eigenvalue weighted by Gasteiger charge is 2.29. The molecule has 208 valence electrons. The fourth-order valence-corrected chi connectivity index (χ4v) is 5.24. The molecule has 1 atom stereocenters. The Balaban J connectivity index is 1.45. The van der Waals surface area contributed by atoms with Crippen LogP contribution in [0.4, 0.5) is 30.9 Å². The average Bonchev–Trinajstić information content (AvgIpc) is 3.63. The first-order valence-corrected chi connectivity index (χ1v) is 13.5. The lowest BCUT2D eigenvalue weighted by atomic mass is 10.2. The molecule has 0 radical (unpaired) electrons. The molecule has 12 nitrogen and oxygen atoms in total. The summed E-state index contributed by atoms with van der Waals surface area (Å²) in [5, 5.41) is 26.1. The molecule has 2 N–H and O–H groups in total. The van der Waals surface area contributed by atoms with Gasteiger partial charge in [0.2, 0.25) is 5.13 Å². The van der Waals surface area contributed by atoms with Gasteiger partial charge in [-0.05, 0) is 63.4 Å². The normalized spacial score (nSPS) is 15.3. The van der Waals surface area contributed by atoms with E-state index in [1.165, 1.54) is 22.4 Å². The number of rotatable bonds is 4. The van der Waals surface area contributed by atoms with Crippen molar-refractivity contribution in [3.63, 3.8) is 0 Å². The van der Waals surface area contributed by atoms with Crippen LogP contribution in [0, 0.1) is 5.92 Å². The second-order valence-corrected chi connectivity index (χ2v) is 11.6. The smallest absolute Gasteiger partial charge is 0.432 e. The number of urea groups is 1. The molecule has 4 aromatic rings. The molecule has 40 heavy (non-hydrogen) atoms. The van der Waals surface area contributed by atoms with E-state index >= 15 is 0 Å². The number of carbonyl (C=O) groups excluding carboxylic acids is 2. The Bertz CT molecular complexity index is 1590. The standard InChI is InChI=1S/C27H29N7O5S/c1-16-10-11-32(15-16)23(35)29-19-7-5-6-17(12-19)22-30-31-24(40-22)33(26(38)39-27(2,3)4)20-8-9-21-18(13-20)14-28-34(21)25(36)37/h5-9,12-14,16H,10-11,15H2,1-4H3,(H,29,35)(H,36,37). The van der Waals surface area contributed by atoms with Crippen LogP contribution >= 0.6 is 11.3 Å². The van der Waals surface area contributed by atoms with Gasteiger partial charge in [0.1, 0.15) is 10.6 Å². The Morgan fingerprint density at radius 1 is 1.15 bits per heavy atom. The van der Waals surface area contributed by atoms with Gasteiger partial charge in [0, 0.05) is 29.7 Å². The zero-order chi connectivity index (χ0) is 28.6. The molecule has 1 unspecified atom stereocenters. The van der Waals surface area contributed by atoms with Crippen LogP contribution in [0.2, 0.25) is 0 Å². The van der Waals surface area contributed by atoms with Crippen molar-refractivity contribution < 1.29 is 24.2 Å². The number of anilines is 3. The van der Waals surface area contributed by atoms with E-state index in [4.69, 9.17) is 4.74 Å². The first-order valence-electron chi connectivity index (χ1n) is 12.7. The van der Waals surface area contributed by atoms with Crippen molar-refractivity contribution in [2.75, 3.05) is 23.3 Å². The molecular formula is C27H29N7O5S. The van der Waals surface area contributed by atoms with E-state index in [1.807, 2.05) is 24.3 Å². The van der Waals surface area contributed by atoms with Crippen molar-refractivity contribution in [3.8, 4) is 10.6 Å². The Morgan fingerprint density at radius 2 is 1.95 bits per heavy atom. The molecule has 1 saturated heterocycles. The fraction of sp³-hybridized carbons (Fsp3) is 0.333. The van der Waals surface area contributed by atoms with Gasteiger partial charge < -0.3 is 20.1 Å². The molecule has 1 aliphatic heterocycles. The number of hydrogen-bond donors (Lipinski definition) is 2. The van der Waals surface area contributed by atoms with Gasteiger partial charge in [-0.25, -0.2) is 19.3 Å². The quantitative estimate of drug-likeness (QED) is 0.306. The number of nitrogens with zero attached hydrogens (tertiary/aromatic N) is 6. The van der Waals surface area contributed by atoms with Crippen molar-refractivity contribution in [3.05, 3.63) is 48.7 Å². The number of likely N-dealkylation sites (tertiary alicyclic amines) is 1. The number of benzene rings is 2. The van der Waals surface area contributed by atoms with E-state index in [0.717, 1.165) is 29.8 Å². The minimum Gasteiger partial charge on any atom is -0.463 e. The van der Waals surface area contributed by atoms with E-state index in [0.29, 0.717) is 33.2 Å².